The van der Waals surface area contributed by atoms with Crippen LogP contribution in [0.4, 0.5) is 0 Å². The first-order valence-corrected chi connectivity index (χ1v) is 10.7. The first-order chi connectivity index (χ1) is 15.2. The van der Waals surface area contributed by atoms with Gasteiger partial charge in [0.1, 0.15) is 12.7 Å². The highest BCUT2D eigenvalue weighted by atomic mass is 16.2. The number of rotatable bonds is 7. The number of carbonyl (C=O) groups excluding carboxylic acids is 2. The van der Waals surface area contributed by atoms with Gasteiger partial charge in [-0.05, 0) is 36.1 Å². The number of piperazine rings is 1. The van der Waals surface area contributed by atoms with Crippen molar-refractivity contribution in [2.75, 3.05) is 26.2 Å². The highest BCUT2D eigenvalue weighted by Gasteiger charge is 2.24. The quantitative estimate of drug-likeness (QED) is 0.593. The van der Waals surface area contributed by atoms with E-state index in [1.54, 1.807) is 11.0 Å². The second-order valence-corrected chi connectivity index (χ2v) is 7.80. The fourth-order valence-corrected chi connectivity index (χ4v) is 3.84. The Morgan fingerprint density at radius 3 is 2.23 bits per heavy atom. The SMILES string of the molecule is O=C(CCCc1ccccc1)N1CCN(C(=O)c2ccc(Cn3cncn3)cc2)CC1. The maximum atomic E-state index is 12.8. The molecule has 0 N–H and O–H groups in total. The molecule has 2 aromatic carbocycles. The summed E-state index contributed by atoms with van der Waals surface area (Å²) in [6.07, 6.45) is 5.49. The summed E-state index contributed by atoms with van der Waals surface area (Å²) in [5, 5.41) is 4.10. The topological polar surface area (TPSA) is 71.3 Å². The molecule has 0 atom stereocenters. The summed E-state index contributed by atoms with van der Waals surface area (Å²) in [5.41, 5.74) is 3.00. The molecule has 1 aliphatic rings. The van der Waals surface area contributed by atoms with Crippen LogP contribution in [0.5, 0.6) is 0 Å². The zero-order valence-corrected chi connectivity index (χ0v) is 17.6. The second kappa shape index (κ2) is 10.0. The van der Waals surface area contributed by atoms with Gasteiger partial charge in [0.05, 0.1) is 6.54 Å². The molecule has 7 heteroatoms. The first kappa shape index (κ1) is 20.8. The van der Waals surface area contributed by atoms with E-state index in [1.165, 1.54) is 11.9 Å². The van der Waals surface area contributed by atoms with Crippen LogP contribution in [-0.2, 0) is 17.8 Å². The lowest BCUT2D eigenvalue weighted by Gasteiger charge is -2.35. The predicted octanol–water partition coefficient (Wildman–Crippen LogP) is 2.63. The van der Waals surface area contributed by atoms with Crippen molar-refractivity contribution in [1.29, 1.82) is 0 Å². The van der Waals surface area contributed by atoms with Crippen LogP contribution in [0.15, 0.2) is 67.3 Å². The maximum absolute atomic E-state index is 12.8. The molecule has 0 aliphatic carbocycles. The molecule has 0 saturated carbocycles. The molecule has 1 aliphatic heterocycles. The Morgan fingerprint density at radius 1 is 0.839 bits per heavy atom. The highest BCUT2D eigenvalue weighted by molar-refractivity contribution is 5.94. The second-order valence-electron chi connectivity index (χ2n) is 7.80. The zero-order chi connectivity index (χ0) is 21.5. The van der Waals surface area contributed by atoms with Gasteiger partial charge < -0.3 is 9.80 Å². The van der Waals surface area contributed by atoms with Gasteiger partial charge in [-0.3, -0.25) is 9.59 Å². The van der Waals surface area contributed by atoms with Gasteiger partial charge in [-0.2, -0.15) is 5.10 Å². The monoisotopic (exact) mass is 417 g/mol. The summed E-state index contributed by atoms with van der Waals surface area (Å²) in [7, 11) is 0. The summed E-state index contributed by atoms with van der Waals surface area (Å²) in [4.78, 5) is 33.0. The molecule has 160 valence electrons. The fourth-order valence-electron chi connectivity index (χ4n) is 3.84. The highest BCUT2D eigenvalue weighted by Crippen LogP contribution is 2.13. The molecule has 1 saturated heterocycles. The maximum Gasteiger partial charge on any atom is 0.253 e. The van der Waals surface area contributed by atoms with Crippen molar-refractivity contribution in [2.24, 2.45) is 0 Å². The molecular weight excluding hydrogens is 390 g/mol. The Hall–Kier alpha value is -3.48. The minimum atomic E-state index is 0.0171. The number of hydrogen-bond acceptors (Lipinski definition) is 4. The molecule has 0 radical (unpaired) electrons. The number of amides is 2. The molecule has 0 spiro atoms. The van der Waals surface area contributed by atoms with E-state index in [0.29, 0.717) is 44.7 Å². The molecule has 0 bridgehead atoms. The van der Waals surface area contributed by atoms with Gasteiger partial charge in [0, 0.05) is 38.2 Å². The minimum absolute atomic E-state index is 0.0171. The van der Waals surface area contributed by atoms with Crippen LogP contribution in [0.2, 0.25) is 0 Å². The van der Waals surface area contributed by atoms with Gasteiger partial charge in [-0.1, -0.05) is 42.5 Å². The number of nitrogens with zero attached hydrogens (tertiary/aromatic N) is 5. The Balaban J connectivity index is 1.22. The van der Waals surface area contributed by atoms with E-state index in [0.717, 1.165) is 18.4 Å². The van der Waals surface area contributed by atoms with E-state index in [1.807, 2.05) is 52.3 Å². The number of carbonyl (C=O) groups is 2. The Bertz CT molecular complexity index is 979. The van der Waals surface area contributed by atoms with Crippen molar-refractivity contribution in [3.8, 4) is 0 Å². The average molecular weight is 418 g/mol. The summed E-state index contributed by atoms with van der Waals surface area (Å²) < 4.78 is 1.74. The molecule has 0 unspecified atom stereocenters. The zero-order valence-electron chi connectivity index (χ0n) is 17.6. The van der Waals surface area contributed by atoms with E-state index >= 15 is 0 Å². The Morgan fingerprint density at radius 2 is 1.55 bits per heavy atom. The summed E-state index contributed by atoms with van der Waals surface area (Å²) in [6, 6.07) is 17.8. The average Bonchev–Trinajstić information content (AvgIpc) is 3.33. The number of hydrogen-bond donors (Lipinski definition) is 0. The molecule has 7 nitrogen and oxygen atoms in total. The van der Waals surface area contributed by atoms with Crippen LogP contribution in [0.3, 0.4) is 0 Å². The van der Waals surface area contributed by atoms with Crippen LogP contribution < -0.4 is 0 Å². The first-order valence-electron chi connectivity index (χ1n) is 10.7. The molecule has 4 rings (SSSR count). The number of aromatic nitrogens is 3. The van der Waals surface area contributed by atoms with Crippen molar-refractivity contribution < 1.29 is 9.59 Å². The van der Waals surface area contributed by atoms with Crippen LogP contribution in [0.25, 0.3) is 0 Å². The largest absolute Gasteiger partial charge is 0.339 e. The van der Waals surface area contributed by atoms with Gasteiger partial charge in [0.2, 0.25) is 5.91 Å². The van der Waals surface area contributed by atoms with Gasteiger partial charge >= 0.3 is 0 Å². The molecule has 1 aromatic heterocycles. The normalized spacial score (nSPS) is 13.9. The van der Waals surface area contributed by atoms with Gasteiger partial charge in [0.15, 0.2) is 0 Å². The van der Waals surface area contributed by atoms with Gasteiger partial charge in [-0.15, -0.1) is 0 Å². The molecule has 2 amide bonds. The third-order valence-electron chi connectivity index (χ3n) is 5.63. The van der Waals surface area contributed by atoms with Crippen molar-refractivity contribution in [2.45, 2.75) is 25.8 Å². The van der Waals surface area contributed by atoms with E-state index in [2.05, 4.69) is 22.2 Å². The van der Waals surface area contributed by atoms with Gasteiger partial charge in [-0.25, -0.2) is 9.67 Å². The summed E-state index contributed by atoms with van der Waals surface area (Å²) in [5.74, 6) is 0.198. The summed E-state index contributed by atoms with van der Waals surface area (Å²) >= 11 is 0. The van der Waals surface area contributed by atoms with Crippen molar-refractivity contribution >= 4 is 11.8 Å². The van der Waals surface area contributed by atoms with Crippen molar-refractivity contribution in [3.63, 3.8) is 0 Å². The Labute approximate surface area is 182 Å². The lowest BCUT2D eigenvalue weighted by Crippen LogP contribution is -2.50. The van der Waals surface area contributed by atoms with Crippen LogP contribution in [0.1, 0.15) is 34.3 Å². The standard InChI is InChI=1S/C24H27N5O2/c30-23(8-4-7-20-5-2-1-3-6-20)27-13-15-28(16-14-27)24(31)22-11-9-21(10-12-22)17-29-19-25-18-26-29/h1-3,5-6,9-12,18-19H,4,7-8,13-17H2. The predicted molar refractivity (Wildman–Crippen MR) is 117 cm³/mol. The summed E-state index contributed by atoms with van der Waals surface area (Å²) in [6.45, 7) is 2.97. The third-order valence-corrected chi connectivity index (χ3v) is 5.63. The molecule has 1 fully saturated rings. The molecular formula is C24H27N5O2. The molecule has 3 aromatic rings. The smallest absolute Gasteiger partial charge is 0.253 e. The van der Waals surface area contributed by atoms with Crippen LogP contribution in [-0.4, -0.2) is 62.6 Å². The number of benzene rings is 2. The van der Waals surface area contributed by atoms with Crippen molar-refractivity contribution in [1.82, 2.24) is 24.6 Å². The Kier molecular flexibility index (Phi) is 6.72. The van der Waals surface area contributed by atoms with Crippen LogP contribution >= 0.6 is 0 Å². The fraction of sp³-hybridized carbons (Fsp3) is 0.333. The van der Waals surface area contributed by atoms with E-state index in [4.69, 9.17) is 0 Å². The molecule has 31 heavy (non-hydrogen) atoms. The van der Waals surface area contributed by atoms with E-state index < -0.39 is 0 Å². The van der Waals surface area contributed by atoms with Gasteiger partial charge in [0.25, 0.3) is 5.91 Å². The number of aryl methyl sites for hydroxylation is 1. The third kappa shape index (κ3) is 5.57. The lowest BCUT2D eigenvalue weighted by atomic mass is 10.1. The lowest BCUT2D eigenvalue weighted by molar-refractivity contribution is -0.132. The minimum Gasteiger partial charge on any atom is -0.339 e. The van der Waals surface area contributed by atoms with E-state index in [-0.39, 0.29) is 11.8 Å². The van der Waals surface area contributed by atoms with Crippen molar-refractivity contribution in [3.05, 3.63) is 83.9 Å². The molecule has 2 heterocycles. The van der Waals surface area contributed by atoms with E-state index in [9.17, 15) is 9.59 Å². The van der Waals surface area contributed by atoms with Crippen LogP contribution in [0, 0.1) is 0 Å².